The number of nitrogens with zero attached hydrogens (tertiary/aromatic N) is 4. The Bertz CT molecular complexity index is 1780. The molecule has 0 aliphatic rings. The van der Waals surface area contributed by atoms with E-state index < -0.39 is 29.6 Å². The first-order valence-electron chi connectivity index (χ1n) is 11.9. The number of carbonyl (C=O) groups excluding carboxylic acids is 2. The normalized spacial score (nSPS) is 11.2. The first-order valence-corrected chi connectivity index (χ1v) is 11.9. The van der Waals surface area contributed by atoms with E-state index >= 15 is 0 Å². The molecule has 0 saturated heterocycles. The predicted octanol–water partition coefficient (Wildman–Crippen LogP) is 2.41. The molecular weight excluding hydrogens is 558 g/mol. The second kappa shape index (κ2) is 12.8. The van der Waals surface area contributed by atoms with E-state index in [1.54, 1.807) is 31.2 Å². The third-order valence-corrected chi connectivity index (χ3v) is 5.77. The maximum Gasteiger partial charge on any atom is 0.363 e. The van der Waals surface area contributed by atoms with E-state index in [0.29, 0.717) is 23.6 Å². The number of nitrogens with two attached hydrogens (primary N) is 1. The lowest BCUT2D eigenvalue weighted by Gasteiger charge is -2.14. The lowest BCUT2D eigenvalue weighted by atomic mass is 10.1. The highest BCUT2D eigenvalue weighted by Crippen LogP contribution is 2.17. The van der Waals surface area contributed by atoms with Crippen molar-refractivity contribution in [3.8, 4) is 0 Å². The monoisotopic (exact) mass is 583 g/mol. The number of aryl methyl sites for hydroxylation is 1. The van der Waals surface area contributed by atoms with Crippen LogP contribution in [0.3, 0.4) is 0 Å². The van der Waals surface area contributed by atoms with Crippen molar-refractivity contribution in [2.24, 2.45) is 5.73 Å². The van der Waals surface area contributed by atoms with Crippen molar-refractivity contribution in [2.45, 2.75) is 26.4 Å². The number of halogens is 1. The van der Waals surface area contributed by atoms with Gasteiger partial charge < -0.3 is 25.3 Å². The molecule has 0 bridgehead atoms. The van der Waals surface area contributed by atoms with Gasteiger partial charge in [0.2, 0.25) is 0 Å². The number of amides is 1. The number of rotatable bonds is 6. The van der Waals surface area contributed by atoms with Crippen LogP contribution in [0.4, 0.5) is 0 Å². The van der Waals surface area contributed by atoms with Crippen LogP contribution in [0.2, 0.25) is 0 Å². The molecule has 0 saturated carbocycles. The minimum atomic E-state index is -1.36. The van der Waals surface area contributed by atoms with Crippen molar-refractivity contribution in [1.82, 2.24) is 29.9 Å². The highest BCUT2D eigenvalue weighted by Gasteiger charge is 2.20. The van der Waals surface area contributed by atoms with E-state index in [0.717, 1.165) is 27.2 Å². The van der Waals surface area contributed by atoms with E-state index in [1.807, 2.05) is 25.1 Å². The SMILES string of the molecule is COC(=O)c1ccc([C@H](C)NC(=O)c2cc(C(=O)O)n3[nH]c(=O)nc3n2)cc1.Cc1nc2cc(CN)ccc2o1.Cl. The number of fused-ring (bicyclic) bond motifs is 2. The maximum atomic E-state index is 12.5. The second-order valence-electron chi connectivity index (χ2n) is 8.54. The summed E-state index contributed by atoms with van der Waals surface area (Å²) in [6, 6.07) is 12.8. The number of carbonyl (C=O) groups is 3. The highest BCUT2D eigenvalue weighted by molar-refractivity contribution is 5.96. The number of aromatic carboxylic acids is 1. The minimum absolute atomic E-state index is 0. The van der Waals surface area contributed by atoms with Gasteiger partial charge in [-0.15, -0.1) is 12.4 Å². The van der Waals surface area contributed by atoms with Gasteiger partial charge in [0.15, 0.2) is 17.2 Å². The summed E-state index contributed by atoms with van der Waals surface area (Å²) in [4.78, 5) is 58.4. The van der Waals surface area contributed by atoms with Gasteiger partial charge in [-0.05, 0) is 42.3 Å². The highest BCUT2D eigenvalue weighted by atomic mass is 35.5. The van der Waals surface area contributed by atoms with E-state index in [-0.39, 0.29) is 29.6 Å². The summed E-state index contributed by atoms with van der Waals surface area (Å²) >= 11 is 0. The molecular formula is C26H26ClN7O7. The lowest BCUT2D eigenvalue weighted by Crippen LogP contribution is -2.28. The molecule has 15 heteroatoms. The van der Waals surface area contributed by atoms with Gasteiger partial charge in [-0.1, -0.05) is 18.2 Å². The fourth-order valence-electron chi connectivity index (χ4n) is 3.76. The number of nitrogens with one attached hydrogen (secondary N) is 2. The molecule has 2 aromatic carbocycles. The summed E-state index contributed by atoms with van der Waals surface area (Å²) in [7, 11) is 1.28. The first-order chi connectivity index (χ1) is 19.1. The standard InChI is InChI=1S/C17H15N5O6.C9H10N2O.ClH/c1-8(9-3-5-10(6-4-9)15(26)28-2)18-13(23)11-7-12(14(24)25)22-16(19-11)20-17(27)21-22;1-6-11-8-4-7(5-10)2-3-9(8)12-6;/h3-8H,1-2H3,(H,18,23)(H,21,27)(H,24,25);2-4H,5,10H2,1H3;1H/t8-;;/m0../s1. The number of esters is 1. The Morgan fingerprint density at radius 3 is 2.46 bits per heavy atom. The van der Waals surface area contributed by atoms with Crippen LogP contribution < -0.4 is 16.7 Å². The molecule has 0 radical (unpaired) electrons. The first kappa shape index (κ1) is 30.5. The van der Waals surface area contributed by atoms with Crippen LogP contribution in [0.25, 0.3) is 16.9 Å². The molecule has 214 valence electrons. The summed E-state index contributed by atoms with van der Waals surface area (Å²) < 4.78 is 10.8. The average molecular weight is 584 g/mol. The Balaban J connectivity index is 0.000000296. The van der Waals surface area contributed by atoms with Crippen LogP contribution in [-0.4, -0.2) is 54.6 Å². The number of hydrogen-bond donors (Lipinski definition) is 4. The maximum absolute atomic E-state index is 12.5. The fourth-order valence-corrected chi connectivity index (χ4v) is 3.76. The van der Waals surface area contributed by atoms with Crippen molar-refractivity contribution in [2.75, 3.05) is 7.11 Å². The molecule has 1 atom stereocenters. The Morgan fingerprint density at radius 1 is 1.12 bits per heavy atom. The van der Waals surface area contributed by atoms with Gasteiger partial charge in [0.05, 0.1) is 18.7 Å². The molecule has 0 aliphatic heterocycles. The Labute approximate surface area is 238 Å². The third-order valence-electron chi connectivity index (χ3n) is 5.77. The van der Waals surface area contributed by atoms with Crippen LogP contribution in [-0.2, 0) is 11.3 Å². The van der Waals surface area contributed by atoms with Gasteiger partial charge in [-0.2, -0.15) is 4.98 Å². The smallest absolute Gasteiger partial charge is 0.363 e. The van der Waals surface area contributed by atoms with Gasteiger partial charge in [0.1, 0.15) is 11.2 Å². The number of hydrogen-bond acceptors (Lipinski definition) is 10. The van der Waals surface area contributed by atoms with E-state index in [9.17, 15) is 24.3 Å². The van der Waals surface area contributed by atoms with Gasteiger partial charge >= 0.3 is 17.6 Å². The quantitative estimate of drug-likeness (QED) is 0.213. The summed E-state index contributed by atoms with van der Waals surface area (Å²) in [5, 5.41) is 14.2. The predicted molar refractivity (Wildman–Crippen MR) is 148 cm³/mol. The fraction of sp³-hybridized carbons (Fsp3) is 0.192. The summed E-state index contributed by atoms with van der Waals surface area (Å²) in [6.45, 7) is 4.09. The zero-order valence-corrected chi connectivity index (χ0v) is 22.9. The number of methoxy groups -OCH3 is 1. The van der Waals surface area contributed by atoms with Crippen molar-refractivity contribution >= 4 is 47.1 Å². The number of carboxylic acids is 1. The lowest BCUT2D eigenvalue weighted by molar-refractivity contribution is 0.0599. The van der Waals surface area contributed by atoms with Crippen LogP contribution in [0, 0.1) is 6.92 Å². The van der Waals surface area contributed by atoms with Crippen LogP contribution in [0.5, 0.6) is 0 Å². The number of aromatic nitrogens is 5. The Morgan fingerprint density at radius 2 is 1.83 bits per heavy atom. The zero-order valence-electron chi connectivity index (χ0n) is 22.1. The number of benzene rings is 2. The second-order valence-corrected chi connectivity index (χ2v) is 8.54. The third kappa shape index (κ3) is 6.93. The average Bonchev–Trinajstić information content (AvgIpc) is 3.51. The minimum Gasteiger partial charge on any atom is -0.477 e. The molecule has 0 unspecified atom stereocenters. The molecule has 5 aromatic rings. The van der Waals surface area contributed by atoms with Crippen molar-refractivity contribution in [3.05, 3.63) is 93.0 Å². The molecule has 3 aromatic heterocycles. The summed E-state index contributed by atoms with van der Waals surface area (Å²) in [6.07, 6.45) is 0. The van der Waals surface area contributed by atoms with Gasteiger partial charge in [0.25, 0.3) is 11.7 Å². The molecule has 0 aliphatic carbocycles. The molecule has 41 heavy (non-hydrogen) atoms. The zero-order chi connectivity index (χ0) is 29.0. The molecule has 5 rings (SSSR count). The van der Waals surface area contributed by atoms with Crippen molar-refractivity contribution < 1.29 is 28.6 Å². The van der Waals surface area contributed by atoms with Crippen molar-refractivity contribution in [1.29, 1.82) is 0 Å². The van der Waals surface area contributed by atoms with Crippen LogP contribution in [0.15, 0.2) is 57.7 Å². The Kier molecular flexibility index (Phi) is 9.55. The van der Waals surface area contributed by atoms with Gasteiger partial charge in [-0.3, -0.25) is 4.79 Å². The number of carboxylic acid groups (broad SMARTS) is 1. The van der Waals surface area contributed by atoms with E-state index in [4.69, 9.17) is 10.2 Å². The topological polar surface area (TPSA) is 208 Å². The van der Waals surface area contributed by atoms with E-state index in [1.165, 1.54) is 7.11 Å². The largest absolute Gasteiger partial charge is 0.477 e. The molecule has 3 heterocycles. The summed E-state index contributed by atoms with van der Waals surface area (Å²) in [5.74, 6) is -2.02. The molecule has 14 nitrogen and oxygen atoms in total. The Hall–Kier alpha value is -5.08. The number of H-pyrrole nitrogens is 1. The number of aromatic amines is 1. The van der Waals surface area contributed by atoms with Crippen molar-refractivity contribution in [3.63, 3.8) is 0 Å². The molecule has 1 amide bonds. The molecule has 5 N–H and O–H groups in total. The number of oxazole rings is 1. The molecule has 0 spiro atoms. The number of ether oxygens (including phenoxy) is 1. The molecule has 0 fully saturated rings. The van der Waals surface area contributed by atoms with E-state index in [2.05, 4.69) is 30.1 Å². The van der Waals surface area contributed by atoms with Gasteiger partial charge in [0, 0.05) is 19.5 Å². The van der Waals surface area contributed by atoms with Gasteiger partial charge in [-0.25, -0.2) is 34.0 Å². The van der Waals surface area contributed by atoms with Crippen LogP contribution >= 0.6 is 12.4 Å². The van der Waals surface area contributed by atoms with Crippen LogP contribution in [0.1, 0.15) is 61.3 Å². The summed E-state index contributed by atoms with van der Waals surface area (Å²) in [5.41, 5.74) is 8.00.